The Morgan fingerprint density at radius 2 is 1.84 bits per heavy atom. The van der Waals surface area contributed by atoms with E-state index in [1.54, 1.807) is 30.3 Å². The van der Waals surface area contributed by atoms with Crippen LogP contribution in [0.4, 0.5) is 10.1 Å². The number of benzene rings is 3. The lowest BCUT2D eigenvalue weighted by atomic mass is 10.1. The van der Waals surface area contributed by atoms with Crippen molar-refractivity contribution in [3.63, 3.8) is 0 Å². The maximum Gasteiger partial charge on any atom is 0.247 e. The summed E-state index contributed by atoms with van der Waals surface area (Å²) < 4.78 is 20.1. The van der Waals surface area contributed by atoms with Crippen molar-refractivity contribution >= 4 is 29.1 Å². The summed E-state index contributed by atoms with van der Waals surface area (Å²) in [6, 6.07) is 19.1. The number of hydrogen-bond acceptors (Lipinski definition) is 7. The van der Waals surface area contributed by atoms with Gasteiger partial charge in [-0.15, -0.1) is 10.2 Å². The summed E-state index contributed by atoms with van der Waals surface area (Å²) in [6.45, 7) is 0. The largest absolute Gasteiger partial charge is 0.506 e. The molecule has 0 bridgehead atoms. The molecule has 3 aromatic carbocycles. The molecule has 1 atom stereocenters. The number of aromatic nitrogens is 3. The van der Waals surface area contributed by atoms with Crippen LogP contribution < -0.4 is 10.1 Å². The molecule has 4 aromatic rings. The summed E-state index contributed by atoms with van der Waals surface area (Å²) in [7, 11) is 0. The highest BCUT2D eigenvalue weighted by atomic mass is 35.5. The topological polar surface area (TPSA) is 80.2 Å². The van der Waals surface area contributed by atoms with Gasteiger partial charge in [-0.25, -0.2) is 4.39 Å². The van der Waals surface area contributed by atoms with Gasteiger partial charge in [0.15, 0.2) is 11.9 Å². The van der Waals surface area contributed by atoms with Gasteiger partial charge in [-0.1, -0.05) is 71.9 Å². The van der Waals surface area contributed by atoms with Gasteiger partial charge in [0.2, 0.25) is 11.0 Å². The first-order valence-electron chi connectivity index (χ1n) is 9.71. The van der Waals surface area contributed by atoms with Crippen molar-refractivity contribution in [2.24, 2.45) is 0 Å². The lowest BCUT2D eigenvalue weighted by molar-refractivity contribution is 0.225. The summed E-state index contributed by atoms with van der Waals surface area (Å²) >= 11 is 7.60. The molecule has 2 N–H and O–H groups in total. The second-order valence-electron chi connectivity index (χ2n) is 7.00. The van der Waals surface area contributed by atoms with Gasteiger partial charge in [0, 0.05) is 22.6 Å². The summed E-state index contributed by atoms with van der Waals surface area (Å²) in [5, 5.41) is 22.4. The molecule has 0 fully saturated rings. The smallest absolute Gasteiger partial charge is 0.247 e. The van der Waals surface area contributed by atoms with Crippen LogP contribution in [0.5, 0.6) is 11.6 Å². The SMILES string of the molecule is Oc1cccc([C@H]2Nc3ccccc3-c3nnc(SCc4ccccc4F)nc3O2)c1Cl. The molecule has 0 amide bonds. The zero-order valence-electron chi connectivity index (χ0n) is 16.5. The van der Waals surface area contributed by atoms with Gasteiger partial charge < -0.3 is 15.2 Å². The van der Waals surface area contributed by atoms with E-state index in [2.05, 4.69) is 20.5 Å². The van der Waals surface area contributed by atoms with E-state index >= 15 is 0 Å². The van der Waals surface area contributed by atoms with Crippen molar-refractivity contribution in [3.05, 3.63) is 88.7 Å². The fraction of sp³-hybridized carbons (Fsp3) is 0.0870. The second kappa shape index (κ2) is 8.64. The quantitative estimate of drug-likeness (QED) is 0.366. The van der Waals surface area contributed by atoms with Gasteiger partial charge >= 0.3 is 0 Å². The Kier molecular flexibility index (Phi) is 5.55. The second-order valence-corrected chi connectivity index (χ2v) is 8.32. The number of fused-ring (bicyclic) bond motifs is 3. The van der Waals surface area contributed by atoms with Gasteiger partial charge in [0.1, 0.15) is 11.6 Å². The summed E-state index contributed by atoms with van der Waals surface area (Å²) in [4.78, 5) is 4.54. The maximum atomic E-state index is 14.0. The zero-order valence-corrected chi connectivity index (χ0v) is 18.1. The van der Waals surface area contributed by atoms with Crippen molar-refractivity contribution in [1.29, 1.82) is 0 Å². The van der Waals surface area contributed by atoms with Crippen LogP contribution in [-0.4, -0.2) is 20.3 Å². The number of thioether (sulfide) groups is 1. The molecule has 6 nitrogen and oxygen atoms in total. The van der Waals surface area contributed by atoms with Crippen molar-refractivity contribution in [3.8, 4) is 22.9 Å². The van der Waals surface area contributed by atoms with Crippen LogP contribution in [0.25, 0.3) is 11.3 Å². The van der Waals surface area contributed by atoms with Gasteiger partial charge in [0.05, 0.1) is 5.02 Å². The molecule has 32 heavy (non-hydrogen) atoms. The van der Waals surface area contributed by atoms with Crippen molar-refractivity contribution in [2.75, 3.05) is 5.32 Å². The number of nitrogens with one attached hydrogen (secondary N) is 1. The predicted molar refractivity (Wildman–Crippen MR) is 121 cm³/mol. The molecule has 5 rings (SSSR count). The Balaban J connectivity index is 1.52. The Morgan fingerprint density at radius 1 is 1.03 bits per heavy atom. The third-order valence-electron chi connectivity index (χ3n) is 4.94. The number of aromatic hydroxyl groups is 1. The number of halogens is 2. The monoisotopic (exact) mass is 466 g/mol. The number of ether oxygens (including phenoxy) is 1. The third kappa shape index (κ3) is 3.94. The molecule has 0 aliphatic carbocycles. The minimum atomic E-state index is -0.724. The van der Waals surface area contributed by atoms with Gasteiger partial charge in [-0.3, -0.25) is 0 Å². The molecule has 1 aliphatic rings. The first-order valence-corrected chi connectivity index (χ1v) is 11.1. The molecular weight excluding hydrogens is 451 g/mol. The van der Waals surface area contributed by atoms with Crippen LogP contribution in [0, 0.1) is 5.82 Å². The summed E-state index contributed by atoms with van der Waals surface area (Å²) in [6.07, 6.45) is -0.724. The molecule has 0 radical (unpaired) electrons. The van der Waals surface area contributed by atoms with Crippen molar-refractivity contribution in [2.45, 2.75) is 17.1 Å². The lowest BCUT2D eigenvalue weighted by Gasteiger charge is -2.20. The molecule has 1 aromatic heterocycles. The molecule has 0 spiro atoms. The van der Waals surface area contributed by atoms with Crippen LogP contribution in [0.1, 0.15) is 17.4 Å². The Hall–Kier alpha value is -3.36. The van der Waals surface area contributed by atoms with Crippen LogP contribution >= 0.6 is 23.4 Å². The average Bonchev–Trinajstić information content (AvgIpc) is 2.97. The summed E-state index contributed by atoms with van der Waals surface area (Å²) in [5.41, 5.74) is 3.11. The van der Waals surface area contributed by atoms with Gasteiger partial charge in [0.25, 0.3) is 0 Å². The fourth-order valence-electron chi connectivity index (χ4n) is 3.35. The van der Waals surface area contributed by atoms with Crippen molar-refractivity contribution < 1.29 is 14.2 Å². The van der Waals surface area contributed by atoms with E-state index in [0.717, 1.165) is 11.3 Å². The molecule has 9 heteroatoms. The molecular formula is C23H16ClFN4O2S. The van der Waals surface area contributed by atoms with Crippen molar-refractivity contribution in [1.82, 2.24) is 15.2 Å². The number of para-hydroxylation sites is 1. The molecule has 2 heterocycles. The fourth-order valence-corrected chi connectivity index (χ4v) is 4.34. The minimum Gasteiger partial charge on any atom is -0.506 e. The van der Waals surface area contributed by atoms with Gasteiger partial charge in [-0.05, 0) is 23.8 Å². The highest BCUT2D eigenvalue weighted by molar-refractivity contribution is 7.98. The first-order chi connectivity index (χ1) is 15.6. The van der Waals surface area contributed by atoms with E-state index in [1.165, 1.54) is 23.9 Å². The number of nitrogens with zero attached hydrogens (tertiary/aromatic N) is 3. The number of rotatable bonds is 4. The first kappa shape index (κ1) is 20.5. The van der Waals surface area contributed by atoms with Gasteiger partial charge in [-0.2, -0.15) is 4.98 Å². The summed E-state index contributed by atoms with van der Waals surface area (Å²) in [5.74, 6) is 0.284. The number of phenolic OH excluding ortho intramolecular Hbond substituents is 1. The maximum absolute atomic E-state index is 14.0. The minimum absolute atomic E-state index is 0.0470. The van der Waals surface area contributed by atoms with E-state index in [9.17, 15) is 9.50 Å². The van der Waals surface area contributed by atoms with E-state index in [0.29, 0.717) is 27.7 Å². The highest BCUT2D eigenvalue weighted by Gasteiger charge is 2.28. The Bertz CT molecular complexity index is 1310. The van der Waals surface area contributed by atoms with Crippen LogP contribution in [0.15, 0.2) is 71.9 Å². The highest BCUT2D eigenvalue weighted by Crippen LogP contribution is 2.42. The lowest BCUT2D eigenvalue weighted by Crippen LogP contribution is -2.17. The van der Waals surface area contributed by atoms with Crippen LogP contribution in [0.3, 0.4) is 0 Å². The van der Waals surface area contributed by atoms with E-state index in [1.807, 2.05) is 24.3 Å². The third-order valence-corrected chi connectivity index (χ3v) is 6.24. The molecule has 160 valence electrons. The molecule has 0 saturated heterocycles. The van der Waals surface area contributed by atoms with E-state index in [4.69, 9.17) is 16.3 Å². The normalized spacial score (nSPS) is 14.5. The van der Waals surface area contributed by atoms with E-state index < -0.39 is 6.23 Å². The molecule has 0 saturated carbocycles. The van der Waals surface area contributed by atoms with Crippen LogP contribution in [0.2, 0.25) is 5.02 Å². The number of anilines is 1. The standard InChI is InChI=1S/C23H16ClFN4O2S/c24-19-15(8-5-11-18(19)30)21-26-17-10-4-2-7-14(17)20-22(31-21)27-23(29-28-20)32-12-13-6-1-3-9-16(13)25/h1-11,21,26,30H,12H2/t21-/m0/s1. The van der Waals surface area contributed by atoms with E-state index in [-0.39, 0.29) is 22.5 Å². The predicted octanol–water partition coefficient (Wildman–Crippen LogP) is 5.83. The molecule has 0 unspecified atom stereocenters. The number of hydrogen-bond donors (Lipinski definition) is 2. The molecule has 1 aliphatic heterocycles. The zero-order chi connectivity index (χ0) is 22.1. The Morgan fingerprint density at radius 3 is 2.72 bits per heavy atom. The Labute approximate surface area is 192 Å². The van der Waals surface area contributed by atoms with Crippen LogP contribution in [-0.2, 0) is 5.75 Å². The number of phenols is 1. The average molecular weight is 467 g/mol.